The fraction of sp³-hybridized carbons (Fsp3) is 0.310. The summed E-state index contributed by atoms with van der Waals surface area (Å²) in [5, 5.41) is 0. The molecule has 1 aliphatic rings. The van der Waals surface area contributed by atoms with E-state index in [1.807, 2.05) is 49.4 Å². The van der Waals surface area contributed by atoms with E-state index in [2.05, 4.69) is 29.2 Å². The van der Waals surface area contributed by atoms with Crippen LogP contribution >= 0.6 is 0 Å². The molecular formula is C29H32N2O3. The molecule has 5 nitrogen and oxygen atoms in total. The number of carbonyl (C=O) groups excluding carboxylic acids is 2. The van der Waals surface area contributed by atoms with Gasteiger partial charge >= 0.3 is 0 Å². The summed E-state index contributed by atoms with van der Waals surface area (Å²) in [4.78, 5) is 31.4. The second-order valence-corrected chi connectivity index (χ2v) is 8.86. The fourth-order valence-electron chi connectivity index (χ4n) is 4.71. The summed E-state index contributed by atoms with van der Waals surface area (Å²) >= 11 is 0. The third-order valence-corrected chi connectivity index (χ3v) is 6.79. The van der Waals surface area contributed by atoms with Crippen LogP contribution in [0.15, 0.2) is 78.9 Å². The molecule has 1 unspecified atom stereocenters. The topological polar surface area (TPSA) is 49.9 Å². The van der Waals surface area contributed by atoms with Gasteiger partial charge in [0, 0.05) is 29.9 Å². The number of anilines is 1. The second kappa shape index (κ2) is 10.3. The zero-order valence-corrected chi connectivity index (χ0v) is 20.2. The molecule has 1 saturated heterocycles. The Labute approximate surface area is 202 Å². The third-order valence-electron chi connectivity index (χ3n) is 6.79. The molecule has 1 atom stereocenters. The number of rotatable bonds is 8. The van der Waals surface area contributed by atoms with Gasteiger partial charge in [-0.1, -0.05) is 73.7 Å². The molecule has 3 aromatic carbocycles. The van der Waals surface area contributed by atoms with Gasteiger partial charge in [0.05, 0.1) is 13.2 Å². The molecule has 0 N–H and O–H groups in total. The minimum atomic E-state index is -1.25. The lowest BCUT2D eigenvalue weighted by molar-refractivity contribution is 0.0555. The maximum absolute atomic E-state index is 13.7. The average Bonchev–Trinajstić information content (AvgIpc) is 2.90. The van der Waals surface area contributed by atoms with E-state index in [0.717, 1.165) is 37.4 Å². The Balaban J connectivity index is 1.58. The van der Waals surface area contributed by atoms with E-state index in [1.165, 1.54) is 5.69 Å². The summed E-state index contributed by atoms with van der Waals surface area (Å²) < 4.78 is 5.44. The first-order valence-corrected chi connectivity index (χ1v) is 11.8. The maximum Gasteiger partial charge on any atom is 0.191 e. The molecule has 0 bridgehead atoms. The maximum atomic E-state index is 13.7. The van der Waals surface area contributed by atoms with Crippen LogP contribution in [0.4, 0.5) is 5.69 Å². The largest absolute Gasteiger partial charge is 0.378 e. The van der Waals surface area contributed by atoms with Crippen molar-refractivity contribution in [3.63, 3.8) is 0 Å². The van der Waals surface area contributed by atoms with Gasteiger partial charge in [0.25, 0.3) is 0 Å². The van der Waals surface area contributed by atoms with E-state index >= 15 is 0 Å². The highest BCUT2D eigenvalue weighted by molar-refractivity contribution is 6.23. The van der Waals surface area contributed by atoms with Gasteiger partial charge in [-0.2, -0.15) is 0 Å². The van der Waals surface area contributed by atoms with Crippen LogP contribution < -0.4 is 4.90 Å². The van der Waals surface area contributed by atoms with E-state index in [9.17, 15) is 9.59 Å². The predicted molar refractivity (Wildman–Crippen MR) is 137 cm³/mol. The minimum absolute atomic E-state index is 0.173. The molecule has 5 heteroatoms. The number of hydrogen-bond donors (Lipinski definition) is 0. The number of nitrogens with zero attached hydrogens (tertiary/aromatic N) is 2. The number of carbonyl (C=O) groups is 2. The summed E-state index contributed by atoms with van der Waals surface area (Å²) in [6.07, 6.45) is 0.386. The van der Waals surface area contributed by atoms with E-state index in [-0.39, 0.29) is 11.6 Å². The van der Waals surface area contributed by atoms with Crippen LogP contribution in [0.5, 0.6) is 0 Å². The Morgan fingerprint density at radius 3 is 1.79 bits per heavy atom. The zero-order valence-electron chi connectivity index (χ0n) is 20.2. The van der Waals surface area contributed by atoms with Crippen LogP contribution in [-0.2, 0) is 4.74 Å². The summed E-state index contributed by atoms with van der Waals surface area (Å²) in [6, 6.07) is 25.1. The van der Waals surface area contributed by atoms with Crippen molar-refractivity contribution in [3.05, 3.63) is 90.0 Å². The highest BCUT2D eigenvalue weighted by atomic mass is 16.5. The number of morpholine rings is 1. The number of ether oxygens (including phenoxy) is 1. The van der Waals surface area contributed by atoms with Gasteiger partial charge in [-0.05, 0) is 43.8 Å². The Kier molecular flexibility index (Phi) is 7.25. The van der Waals surface area contributed by atoms with Crippen molar-refractivity contribution in [2.24, 2.45) is 0 Å². The number of likely N-dealkylation sites (N-methyl/N-ethyl adjacent to an activating group) is 1. The fourth-order valence-corrected chi connectivity index (χ4v) is 4.71. The molecular weight excluding hydrogens is 424 g/mol. The van der Waals surface area contributed by atoms with Crippen LogP contribution in [0.2, 0.25) is 0 Å². The van der Waals surface area contributed by atoms with Gasteiger partial charge in [0.1, 0.15) is 5.54 Å². The summed E-state index contributed by atoms with van der Waals surface area (Å²) in [5.41, 5.74) is 3.15. The first-order chi connectivity index (χ1) is 16.5. The minimum Gasteiger partial charge on any atom is -0.378 e. The number of ketones is 2. The molecule has 1 fully saturated rings. The van der Waals surface area contributed by atoms with Gasteiger partial charge in [-0.15, -0.1) is 0 Å². The number of Topliss-reactive ketones (excluding diaryl/α,β-unsaturated/α-hetero) is 2. The van der Waals surface area contributed by atoms with Crippen molar-refractivity contribution in [1.82, 2.24) is 4.90 Å². The van der Waals surface area contributed by atoms with Crippen LogP contribution in [0.25, 0.3) is 11.1 Å². The molecule has 0 aromatic heterocycles. The van der Waals surface area contributed by atoms with E-state index in [1.54, 1.807) is 31.1 Å². The van der Waals surface area contributed by atoms with E-state index in [0.29, 0.717) is 17.5 Å². The molecule has 0 radical (unpaired) electrons. The molecule has 4 rings (SSSR count). The molecule has 0 saturated carbocycles. The molecule has 3 aromatic rings. The molecule has 0 aliphatic carbocycles. The molecule has 0 spiro atoms. The summed E-state index contributed by atoms with van der Waals surface area (Å²) in [7, 11) is 3.60. The second-order valence-electron chi connectivity index (χ2n) is 8.86. The molecule has 34 heavy (non-hydrogen) atoms. The van der Waals surface area contributed by atoms with Gasteiger partial charge < -0.3 is 9.64 Å². The van der Waals surface area contributed by atoms with Crippen LogP contribution in [-0.4, -0.2) is 62.4 Å². The van der Waals surface area contributed by atoms with Gasteiger partial charge in [0.15, 0.2) is 11.6 Å². The van der Waals surface area contributed by atoms with Gasteiger partial charge in [0.2, 0.25) is 0 Å². The monoisotopic (exact) mass is 456 g/mol. The summed E-state index contributed by atoms with van der Waals surface area (Å²) in [6.45, 7) is 5.22. The van der Waals surface area contributed by atoms with Crippen LogP contribution in [0.1, 0.15) is 34.1 Å². The van der Waals surface area contributed by atoms with Gasteiger partial charge in [-0.25, -0.2) is 0 Å². The lowest BCUT2D eigenvalue weighted by atomic mass is 9.79. The van der Waals surface area contributed by atoms with Crippen LogP contribution in [0.3, 0.4) is 0 Å². The number of benzene rings is 3. The van der Waals surface area contributed by atoms with E-state index < -0.39 is 5.54 Å². The smallest absolute Gasteiger partial charge is 0.191 e. The van der Waals surface area contributed by atoms with Crippen molar-refractivity contribution < 1.29 is 14.3 Å². The van der Waals surface area contributed by atoms with Gasteiger partial charge in [-0.3, -0.25) is 14.5 Å². The SMILES string of the molecule is CCC(C(=O)c1ccccc1)(C(=O)c1ccc(-c2ccc(N3CCOCC3)cc2)cc1)N(C)C. The Morgan fingerprint density at radius 2 is 1.29 bits per heavy atom. The Morgan fingerprint density at radius 1 is 0.794 bits per heavy atom. The number of hydrogen-bond acceptors (Lipinski definition) is 5. The standard InChI is InChI=1S/C29H32N2O3/c1-4-29(30(2)3,27(32)24-8-6-5-7-9-24)28(33)25-12-10-22(11-13-25)23-14-16-26(17-15-23)31-18-20-34-21-19-31/h5-17H,4,18-21H2,1-3H3. The van der Waals surface area contributed by atoms with Crippen molar-refractivity contribution in [2.75, 3.05) is 45.3 Å². The molecule has 1 aliphatic heterocycles. The lowest BCUT2D eigenvalue weighted by Gasteiger charge is -2.36. The van der Waals surface area contributed by atoms with E-state index in [4.69, 9.17) is 4.74 Å². The van der Waals surface area contributed by atoms with Crippen molar-refractivity contribution in [1.29, 1.82) is 0 Å². The zero-order chi connectivity index (χ0) is 24.1. The van der Waals surface area contributed by atoms with Crippen molar-refractivity contribution >= 4 is 17.3 Å². The first-order valence-electron chi connectivity index (χ1n) is 11.8. The van der Waals surface area contributed by atoms with Crippen molar-refractivity contribution in [2.45, 2.75) is 18.9 Å². The predicted octanol–water partition coefficient (Wildman–Crippen LogP) is 4.97. The Hall–Kier alpha value is -3.28. The molecule has 176 valence electrons. The highest BCUT2D eigenvalue weighted by Gasteiger charge is 2.46. The highest BCUT2D eigenvalue weighted by Crippen LogP contribution is 2.30. The first kappa shape index (κ1) is 23.9. The molecule has 0 amide bonds. The quantitative estimate of drug-likeness (QED) is 0.354. The van der Waals surface area contributed by atoms with Crippen LogP contribution in [0, 0.1) is 0 Å². The molecule has 1 heterocycles. The van der Waals surface area contributed by atoms with Crippen molar-refractivity contribution in [3.8, 4) is 11.1 Å². The normalized spacial score (nSPS) is 15.7. The third kappa shape index (κ3) is 4.54. The average molecular weight is 457 g/mol. The summed E-state index contributed by atoms with van der Waals surface area (Å²) in [5.74, 6) is -0.351. The lowest BCUT2D eigenvalue weighted by Crippen LogP contribution is -2.57. The Bertz CT molecular complexity index is 1120.